The van der Waals surface area contributed by atoms with Crippen molar-refractivity contribution in [2.75, 3.05) is 39.8 Å². The molecular weight excluding hydrogens is 365 g/mol. The van der Waals surface area contributed by atoms with E-state index in [2.05, 4.69) is 10.4 Å². The number of piperazine rings is 1. The van der Waals surface area contributed by atoms with Crippen LogP contribution < -0.4 is 10.1 Å². The molecule has 1 aliphatic rings. The van der Waals surface area contributed by atoms with Crippen LogP contribution in [0.5, 0.6) is 5.75 Å². The van der Waals surface area contributed by atoms with Crippen molar-refractivity contribution in [3.8, 4) is 5.75 Å². The van der Waals surface area contributed by atoms with Gasteiger partial charge in [-0.1, -0.05) is 0 Å². The summed E-state index contributed by atoms with van der Waals surface area (Å²) in [6, 6.07) is 5.07. The number of carbonyl (C=O) groups is 2. The molecule has 1 aromatic carbocycles. The Hall–Kier alpha value is -2.94. The molecule has 2 amide bonds. The molecular formula is C19H24FN5O3. The number of nitrogens with one attached hydrogen (secondary N) is 1. The first-order chi connectivity index (χ1) is 13.5. The zero-order chi connectivity index (χ0) is 20.1. The van der Waals surface area contributed by atoms with Gasteiger partial charge in [0.15, 0.2) is 6.61 Å². The number of rotatable bonds is 6. The molecule has 1 aliphatic heterocycles. The highest BCUT2D eigenvalue weighted by Gasteiger charge is 2.29. The standard InChI is InChI=1S/C19H24FN5O3/c1-21-18(14-11-22-23(2)12-14)19(27)25-9-7-24(8-10-25)17(26)13-28-16-5-3-15(20)4-6-16/h3-6,11-12,18,21H,7-10,13H2,1-2H3. The Morgan fingerprint density at radius 2 is 1.82 bits per heavy atom. The molecule has 0 aliphatic carbocycles. The Bertz CT molecular complexity index is 815. The molecule has 1 atom stereocenters. The Balaban J connectivity index is 1.49. The van der Waals surface area contributed by atoms with Crippen molar-refractivity contribution in [1.82, 2.24) is 24.9 Å². The third-order valence-electron chi connectivity index (χ3n) is 4.71. The van der Waals surface area contributed by atoms with Crippen molar-refractivity contribution in [1.29, 1.82) is 0 Å². The zero-order valence-corrected chi connectivity index (χ0v) is 16.0. The van der Waals surface area contributed by atoms with E-state index in [0.29, 0.717) is 31.9 Å². The highest BCUT2D eigenvalue weighted by atomic mass is 19.1. The van der Waals surface area contributed by atoms with Crippen molar-refractivity contribution in [2.45, 2.75) is 6.04 Å². The summed E-state index contributed by atoms with van der Waals surface area (Å²) >= 11 is 0. The van der Waals surface area contributed by atoms with Crippen molar-refractivity contribution in [2.24, 2.45) is 7.05 Å². The van der Waals surface area contributed by atoms with Crippen molar-refractivity contribution >= 4 is 11.8 Å². The smallest absolute Gasteiger partial charge is 0.260 e. The maximum Gasteiger partial charge on any atom is 0.260 e. The Morgan fingerprint density at radius 1 is 1.18 bits per heavy atom. The molecule has 3 rings (SSSR count). The van der Waals surface area contributed by atoms with E-state index >= 15 is 0 Å². The minimum absolute atomic E-state index is 0.0369. The summed E-state index contributed by atoms with van der Waals surface area (Å²) < 4.78 is 20.0. The van der Waals surface area contributed by atoms with Crippen LogP contribution in [0, 0.1) is 5.82 Å². The fraction of sp³-hybridized carbons (Fsp3) is 0.421. The lowest BCUT2D eigenvalue weighted by molar-refractivity contribution is -0.141. The van der Waals surface area contributed by atoms with Gasteiger partial charge in [0.05, 0.1) is 6.20 Å². The van der Waals surface area contributed by atoms with E-state index in [0.717, 1.165) is 5.56 Å². The van der Waals surface area contributed by atoms with Crippen LogP contribution in [0.15, 0.2) is 36.7 Å². The lowest BCUT2D eigenvalue weighted by Crippen LogP contribution is -2.53. The monoisotopic (exact) mass is 389 g/mol. The van der Waals surface area contributed by atoms with Crippen LogP contribution in [0.25, 0.3) is 0 Å². The molecule has 9 heteroatoms. The summed E-state index contributed by atoms with van der Waals surface area (Å²) in [6.07, 6.45) is 3.48. The molecule has 1 unspecified atom stereocenters. The van der Waals surface area contributed by atoms with Gasteiger partial charge in [-0.2, -0.15) is 5.10 Å². The molecule has 0 saturated carbocycles. The number of carbonyl (C=O) groups excluding carboxylic acids is 2. The van der Waals surface area contributed by atoms with Gasteiger partial charge in [0, 0.05) is 45.0 Å². The van der Waals surface area contributed by atoms with Gasteiger partial charge < -0.3 is 19.9 Å². The second-order valence-corrected chi connectivity index (χ2v) is 6.62. The summed E-state index contributed by atoms with van der Waals surface area (Å²) in [5.74, 6) is -0.110. The van der Waals surface area contributed by atoms with Crippen molar-refractivity contribution < 1.29 is 18.7 Å². The Labute approximate surface area is 162 Å². The third kappa shape index (κ3) is 4.66. The van der Waals surface area contributed by atoms with E-state index in [1.54, 1.807) is 34.8 Å². The second kappa shape index (κ2) is 8.83. The highest BCUT2D eigenvalue weighted by Crippen LogP contribution is 2.16. The summed E-state index contributed by atoms with van der Waals surface area (Å²) in [7, 11) is 3.54. The average molecular weight is 389 g/mol. The van der Waals surface area contributed by atoms with E-state index in [1.807, 2.05) is 6.20 Å². The average Bonchev–Trinajstić information content (AvgIpc) is 3.14. The lowest BCUT2D eigenvalue weighted by atomic mass is 10.1. The van der Waals surface area contributed by atoms with Gasteiger partial charge in [-0.05, 0) is 31.3 Å². The fourth-order valence-corrected chi connectivity index (χ4v) is 3.15. The van der Waals surface area contributed by atoms with Crippen LogP contribution in [0.1, 0.15) is 11.6 Å². The Kier molecular flexibility index (Phi) is 6.25. The molecule has 1 aromatic heterocycles. The largest absolute Gasteiger partial charge is 0.484 e. The van der Waals surface area contributed by atoms with Crippen LogP contribution in [0.3, 0.4) is 0 Å². The maximum absolute atomic E-state index is 12.9. The number of likely N-dealkylation sites (N-methyl/N-ethyl adjacent to an activating group) is 1. The maximum atomic E-state index is 12.9. The number of ether oxygens (including phenoxy) is 1. The Morgan fingerprint density at radius 3 is 2.39 bits per heavy atom. The highest BCUT2D eigenvalue weighted by molar-refractivity contribution is 5.84. The van der Waals surface area contributed by atoms with Gasteiger partial charge in [-0.15, -0.1) is 0 Å². The van der Waals surface area contributed by atoms with Gasteiger partial charge in [-0.3, -0.25) is 14.3 Å². The van der Waals surface area contributed by atoms with Gasteiger partial charge in [0.2, 0.25) is 5.91 Å². The molecule has 1 saturated heterocycles. The third-order valence-corrected chi connectivity index (χ3v) is 4.71. The number of nitrogens with zero attached hydrogens (tertiary/aromatic N) is 4. The van der Waals surface area contributed by atoms with E-state index in [-0.39, 0.29) is 24.2 Å². The van der Waals surface area contributed by atoms with Crippen LogP contribution in [0.2, 0.25) is 0 Å². The molecule has 0 spiro atoms. The number of halogens is 1. The normalized spacial score (nSPS) is 15.4. The summed E-state index contributed by atoms with van der Waals surface area (Å²) in [5.41, 5.74) is 0.807. The number of aromatic nitrogens is 2. The van der Waals surface area contributed by atoms with Gasteiger partial charge in [-0.25, -0.2) is 4.39 Å². The van der Waals surface area contributed by atoms with Gasteiger partial charge >= 0.3 is 0 Å². The molecule has 2 heterocycles. The number of benzene rings is 1. The van der Waals surface area contributed by atoms with E-state index < -0.39 is 6.04 Å². The molecule has 1 N–H and O–H groups in total. The fourth-order valence-electron chi connectivity index (χ4n) is 3.15. The van der Waals surface area contributed by atoms with E-state index in [9.17, 15) is 14.0 Å². The van der Waals surface area contributed by atoms with Crippen LogP contribution in [-0.4, -0.2) is 71.2 Å². The van der Waals surface area contributed by atoms with Crippen LogP contribution >= 0.6 is 0 Å². The van der Waals surface area contributed by atoms with E-state index in [4.69, 9.17) is 4.74 Å². The second-order valence-electron chi connectivity index (χ2n) is 6.62. The molecule has 0 bridgehead atoms. The molecule has 1 fully saturated rings. The van der Waals surface area contributed by atoms with Gasteiger partial charge in [0.1, 0.15) is 17.6 Å². The number of aryl methyl sites for hydroxylation is 1. The minimum atomic E-state index is -0.460. The first-order valence-electron chi connectivity index (χ1n) is 9.08. The molecule has 8 nitrogen and oxygen atoms in total. The lowest BCUT2D eigenvalue weighted by Gasteiger charge is -2.36. The quantitative estimate of drug-likeness (QED) is 0.782. The molecule has 28 heavy (non-hydrogen) atoms. The first-order valence-corrected chi connectivity index (χ1v) is 9.08. The predicted molar refractivity (Wildman–Crippen MR) is 100 cm³/mol. The molecule has 150 valence electrons. The van der Waals surface area contributed by atoms with Crippen molar-refractivity contribution in [3.63, 3.8) is 0 Å². The van der Waals surface area contributed by atoms with Crippen LogP contribution in [0.4, 0.5) is 4.39 Å². The summed E-state index contributed by atoms with van der Waals surface area (Å²) in [4.78, 5) is 28.6. The molecule has 0 radical (unpaired) electrons. The first kappa shape index (κ1) is 19.8. The van der Waals surface area contributed by atoms with Gasteiger partial charge in [0.25, 0.3) is 5.91 Å². The summed E-state index contributed by atoms with van der Waals surface area (Å²) in [6.45, 7) is 1.69. The predicted octanol–water partition coefficient (Wildman–Crippen LogP) is 0.570. The van der Waals surface area contributed by atoms with Crippen molar-refractivity contribution in [3.05, 3.63) is 48.0 Å². The zero-order valence-electron chi connectivity index (χ0n) is 16.0. The minimum Gasteiger partial charge on any atom is -0.484 e. The number of hydrogen-bond acceptors (Lipinski definition) is 5. The number of hydrogen-bond donors (Lipinski definition) is 1. The SMILES string of the molecule is CNC(C(=O)N1CCN(C(=O)COc2ccc(F)cc2)CC1)c1cnn(C)c1. The van der Waals surface area contributed by atoms with Crippen LogP contribution in [-0.2, 0) is 16.6 Å². The van der Waals surface area contributed by atoms with E-state index in [1.165, 1.54) is 24.3 Å². The summed E-state index contributed by atoms with van der Waals surface area (Å²) in [5, 5.41) is 7.15. The number of amides is 2. The topological polar surface area (TPSA) is 79.7 Å². The molecule has 2 aromatic rings.